The highest BCUT2D eigenvalue weighted by Gasteiger charge is 2.17. The molecular formula is C10H12BrNO2. The van der Waals surface area contributed by atoms with Gasteiger partial charge < -0.3 is 10.8 Å². The fraction of sp³-hybridized carbons (Fsp3) is 0.300. The van der Waals surface area contributed by atoms with Crippen LogP contribution in [-0.2, 0) is 4.79 Å². The Morgan fingerprint density at radius 1 is 1.50 bits per heavy atom. The van der Waals surface area contributed by atoms with Crippen molar-refractivity contribution in [1.82, 2.24) is 0 Å². The fourth-order valence-corrected chi connectivity index (χ4v) is 1.67. The minimum atomic E-state index is -1.01. The van der Waals surface area contributed by atoms with E-state index < -0.39 is 12.0 Å². The number of carboxylic acid groups (broad SMARTS) is 1. The summed E-state index contributed by atoms with van der Waals surface area (Å²) in [7, 11) is 0. The highest BCUT2D eigenvalue weighted by molar-refractivity contribution is 9.10. The summed E-state index contributed by atoms with van der Waals surface area (Å²) in [6.07, 6.45) is 0. The number of benzene rings is 1. The number of rotatable bonds is 2. The van der Waals surface area contributed by atoms with Crippen molar-refractivity contribution in [2.45, 2.75) is 19.9 Å². The van der Waals surface area contributed by atoms with E-state index in [9.17, 15) is 4.79 Å². The number of carbonyl (C=O) groups is 1. The van der Waals surface area contributed by atoms with E-state index in [1.807, 2.05) is 19.9 Å². The quantitative estimate of drug-likeness (QED) is 0.854. The summed E-state index contributed by atoms with van der Waals surface area (Å²) in [5, 5.41) is 8.78. The molecule has 1 aromatic carbocycles. The topological polar surface area (TPSA) is 63.3 Å². The molecule has 0 aliphatic rings. The molecule has 1 atom stereocenters. The molecule has 0 aliphatic heterocycles. The molecule has 0 bridgehead atoms. The van der Waals surface area contributed by atoms with Crippen molar-refractivity contribution in [2.75, 3.05) is 0 Å². The van der Waals surface area contributed by atoms with Gasteiger partial charge in [0.15, 0.2) is 0 Å². The molecule has 3 N–H and O–H groups in total. The van der Waals surface area contributed by atoms with Gasteiger partial charge in [0.25, 0.3) is 0 Å². The second-order valence-corrected chi connectivity index (χ2v) is 4.02. The Labute approximate surface area is 91.1 Å². The van der Waals surface area contributed by atoms with Crippen LogP contribution in [-0.4, -0.2) is 11.1 Å². The zero-order chi connectivity index (χ0) is 10.9. The summed E-state index contributed by atoms with van der Waals surface area (Å²) in [4.78, 5) is 10.7. The maximum atomic E-state index is 10.7. The summed E-state index contributed by atoms with van der Waals surface area (Å²) in [5.74, 6) is -1.01. The van der Waals surface area contributed by atoms with Crippen LogP contribution in [0, 0.1) is 13.8 Å². The monoisotopic (exact) mass is 257 g/mol. The molecule has 4 heteroatoms. The molecule has 1 aromatic rings. The van der Waals surface area contributed by atoms with Crippen LogP contribution in [0.3, 0.4) is 0 Å². The molecule has 0 heterocycles. The van der Waals surface area contributed by atoms with Gasteiger partial charge in [-0.3, -0.25) is 4.79 Å². The normalized spacial score (nSPS) is 12.6. The number of aliphatic carboxylic acids is 1. The fourth-order valence-electron chi connectivity index (χ4n) is 1.31. The van der Waals surface area contributed by atoms with Gasteiger partial charge in [-0.15, -0.1) is 0 Å². The molecule has 0 saturated heterocycles. The summed E-state index contributed by atoms with van der Waals surface area (Å²) in [5.41, 5.74) is 8.15. The summed E-state index contributed by atoms with van der Waals surface area (Å²) in [6.45, 7) is 3.81. The first-order valence-electron chi connectivity index (χ1n) is 4.19. The van der Waals surface area contributed by atoms with Crippen molar-refractivity contribution >= 4 is 21.9 Å². The smallest absolute Gasteiger partial charge is 0.325 e. The molecule has 14 heavy (non-hydrogen) atoms. The van der Waals surface area contributed by atoms with Crippen LogP contribution in [0.4, 0.5) is 0 Å². The van der Waals surface area contributed by atoms with E-state index in [0.29, 0.717) is 5.56 Å². The van der Waals surface area contributed by atoms with Gasteiger partial charge in [-0.1, -0.05) is 28.1 Å². The van der Waals surface area contributed by atoms with Gasteiger partial charge in [0, 0.05) is 4.47 Å². The summed E-state index contributed by atoms with van der Waals surface area (Å²) in [6, 6.07) is 2.66. The summed E-state index contributed by atoms with van der Waals surface area (Å²) < 4.78 is 0.923. The third kappa shape index (κ3) is 1.96. The third-order valence-corrected chi connectivity index (χ3v) is 3.44. The molecule has 0 fully saturated rings. The van der Waals surface area contributed by atoms with Crippen LogP contribution in [0.2, 0.25) is 0 Å². The maximum Gasteiger partial charge on any atom is 0.325 e. The Bertz CT molecular complexity index is 377. The van der Waals surface area contributed by atoms with Crippen LogP contribution in [0.15, 0.2) is 16.6 Å². The van der Waals surface area contributed by atoms with Crippen molar-refractivity contribution in [2.24, 2.45) is 5.73 Å². The van der Waals surface area contributed by atoms with Crippen molar-refractivity contribution in [3.8, 4) is 0 Å². The van der Waals surface area contributed by atoms with Crippen LogP contribution < -0.4 is 5.73 Å². The first-order chi connectivity index (χ1) is 6.45. The number of carboxylic acids is 1. The van der Waals surface area contributed by atoms with Crippen LogP contribution in [0.1, 0.15) is 22.7 Å². The number of aryl methyl sites for hydroxylation is 1. The highest BCUT2D eigenvalue weighted by Crippen LogP contribution is 2.26. The van der Waals surface area contributed by atoms with Crippen LogP contribution in [0.25, 0.3) is 0 Å². The minimum Gasteiger partial charge on any atom is -0.480 e. The predicted molar refractivity (Wildman–Crippen MR) is 58.2 cm³/mol. The molecule has 0 aliphatic carbocycles. The van der Waals surface area contributed by atoms with Crippen molar-refractivity contribution in [3.05, 3.63) is 33.3 Å². The molecule has 76 valence electrons. The van der Waals surface area contributed by atoms with Gasteiger partial charge in [0.1, 0.15) is 6.04 Å². The molecule has 1 rings (SSSR count). The zero-order valence-electron chi connectivity index (χ0n) is 8.04. The minimum absolute atomic E-state index is 0.648. The number of halogens is 1. The van der Waals surface area contributed by atoms with E-state index in [1.165, 1.54) is 0 Å². The molecule has 0 amide bonds. The predicted octanol–water partition coefficient (Wildman–Crippen LogP) is 2.15. The van der Waals surface area contributed by atoms with E-state index in [4.69, 9.17) is 10.8 Å². The lowest BCUT2D eigenvalue weighted by molar-refractivity contribution is -0.138. The van der Waals surface area contributed by atoms with Crippen LogP contribution >= 0.6 is 15.9 Å². The lowest BCUT2D eigenvalue weighted by atomic mass is 10.00. The lowest BCUT2D eigenvalue weighted by Gasteiger charge is -2.13. The molecule has 1 unspecified atom stereocenters. The average molecular weight is 258 g/mol. The molecule has 0 radical (unpaired) electrons. The van der Waals surface area contributed by atoms with Crippen molar-refractivity contribution in [3.63, 3.8) is 0 Å². The molecule has 0 spiro atoms. The van der Waals surface area contributed by atoms with Gasteiger partial charge >= 0.3 is 5.97 Å². The largest absolute Gasteiger partial charge is 0.480 e. The first kappa shape index (κ1) is 11.2. The van der Waals surface area contributed by atoms with Crippen molar-refractivity contribution in [1.29, 1.82) is 0 Å². The van der Waals surface area contributed by atoms with Gasteiger partial charge in [-0.2, -0.15) is 0 Å². The Morgan fingerprint density at radius 2 is 2.07 bits per heavy atom. The number of nitrogens with two attached hydrogens (primary N) is 1. The van der Waals surface area contributed by atoms with Gasteiger partial charge in [-0.05, 0) is 30.5 Å². The van der Waals surface area contributed by atoms with Crippen molar-refractivity contribution < 1.29 is 9.90 Å². The number of hydrogen-bond donors (Lipinski definition) is 2. The second-order valence-electron chi connectivity index (χ2n) is 3.23. The maximum absolute atomic E-state index is 10.7. The Hall–Kier alpha value is -0.870. The molecular weight excluding hydrogens is 246 g/mol. The molecule has 3 nitrogen and oxygen atoms in total. The third-order valence-electron chi connectivity index (χ3n) is 2.22. The van der Waals surface area contributed by atoms with Crippen LogP contribution in [0.5, 0.6) is 0 Å². The zero-order valence-corrected chi connectivity index (χ0v) is 9.63. The summed E-state index contributed by atoms with van der Waals surface area (Å²) >= 11 is 3.40. The highest BCUT2D eigenvalue weighted by atomic mass is 79.9. The molecule has 0 saturated carbocycles. The second kappa shape index (κ2) is 4.11. The average Bonchev–Trinajstić information content (AvgIpc) is 2.13. The Kier molecular flexibility index (Phi) is 3.29. The Morgan fingerprint density at radius 3 is 2.57 bits per heavy atom. The van der Waals surface area contributed by atoms with E-state index in [-0.39, 0.29) is 0 Å². The van der Waals surface area contributed by atoms with Gasteiger partial charge in [0.2, 0.25) is 0 Å². The lowest BCUT2D eigenvalue weighted by Crippen LogP contribution is -2.21. The SMILES string of the molecule is Cc1ccc(C(N)C(=O)O)c(C)c1Br. The standard InChI is InChI=1S/C10H12BrNO2/c1-5-3-4-7(6(2)8(5)11)9(12)10(13)14/h3-4,9H,12H2,1-2H3,(H,13,14). The number of hydrogen-bond acceptors (Lipinski definition) is 2. The Balaban J connectivity index is 3.24. The van der Waals surface area contributed by atoms with E-state index in [1.54, 1.807) is 6.07 Å². The van der Waals surface area contributed by atoms with E-state index in [2.05, 4.69) is 15.9 Å². The van der Waals surface area contributed by atoms with E-state index >= 15 is 0 Å². The first-order valence-corrected chi connectivity index (χ1v) is 4.98. The molecule has 0 aromatic heterocycles. The van der Waals surface area contributed by atoms with Gasteiger partial charge in [0.05, 0.1) is 0 Å². The van der Waals surface area contributed by atoms with E-state index in [0.717, 1.165) is 15.6 Å². The van der Waals surface area contributed by atoms with Gasteiger partial charge in [-0.25, -0.2) is 0 Å².